The molecule has 0 aromatic heterocycles. The van der Waals surface area contributed by atoms with Crippen molar-refractivity contribution in [2.45, 2.75) is 30.7 Å². The van der Waals surface area contributed by atoms with Gasteiger partial charge in [-0.15, -0.1) is 11.6 Å². The van der Waals surface area contributed by atoms with Gasteiger partial charge in [-0.3, -0.25) is 0 Å². The molecule has 0 aliphatic carbocycles. The summed E-state index contributed by atoms with van der Waals surface area (Å²) in [7, 11) is 0. The van der Waals surface area contributed by atoms with Crippen LogP contribution in [0.15, 0.2) is 30.3 Å². The van der Waals surface area contributed by atoms with Gasteiger partial charge in [0.2, 0.25) is 0 Å². The molecule has 1 aliphatic heterocycles. The van der Waals surface area contributed by atoms with Crippen LogP contribution in [0.4, 0.5) is 0 Å². The Morgan fingerprint density at radius 1 is 1.29 bits per heavy atom. The Balaban J connectivity index is 1.91. The van der Waals surface area contributed by atoms with E-state index in [1.165, 1.54) is 5.56 Å². The zero-order chi connectivity index (χ0) is 9.80. The van der Waals surface area contributed by atoms with Crippen LogP contribution in [0.3, 0.4) is 0 Å². The molecule has 0 radical (unpaired) electrons. The lowest BCUT2D eigenvalue weighted by Gasteiger charge is -2.27. The molecule has 1 N–H and O–H groups in total. The lowest BCUT2D eigenvalue weighted by molar-refractivity contribution is 0.404. The van der Waals surface area contributed by atoms with Crippen molar-refractivity contribution < 1.29 is 0 Å². The van der Waals surface area contributed by atoms with Crippen LogP contribution in [0.5, 0.6) is 0 Å². The minimum atomic E-state index is 0.366. The fourth-order valence-corrected chi connectivity index (χ4v) is 2.33. The highest BCUT2D eigenvalue weighted by atomic mass is 35.5. The van der Waals surface area contributed by atoms with Gasteiger partial charge in [0, 0.05) is 11.4 Å². The molecule has 1 aromatic rings. The first-order valence-electron chi connectivity index (χ1n) is 5.26. The van der Waals surface area contributed by atoms with Gasteiger partial charge < -0.3 is 5.32 Å². The fourth-order valence-electron chi connectivity index (χ4n) is 2.01. The van der Waals surface area contributed by atoms with Crippen molar-refractivity contribution in [2.75, 3.05) is 6.54 Å². The van der Waals surface area contributed by atoms with Gasteiger partial charge in [0.1, 0.15) is 0 Å². The molecule has 2 atom stereocenters. The molecule has 76 valence electrons. The summed E-state index contributed by atoms with van der Waals surface area (Å²) in [5, 5.41) is 3.88. The highest BCUT2D eigenvalue weighted by molar-refractivity contribution is 6.20. The van der Waals surface area contributed by atoms with Gasteiger partial charge in [-0.1, -0.05) is 30.3 Å². The number of hydrogen-bond donors (Lipinski definition) is 1. The zero-order valence-corrected chi connectivity index (χ0v) is 9.00. The molecular formula is C12H16ClN. The van der Waals surface area contributed by atoms with E-state index in [2.05, 4.69) is 35.6 Å². The summed E-state index contributed by atoms with van der Waals surface area (Å²) in [4.78, 5) is 0. The summed E-state index contributed by atoms with van der Waals surface area (Å²) in [6.07, 6.45) is 3.30. The topological polar surface area (TPSA) is 12.0 Å². The van der Waals surface area contributed by atoms with Gasteiger partial charge >= 0.3 is 0 Å². The van der Waals surface area contributed by atoms with Crippen molar-refractivity contribution in [1.29, 1.82) is 0 Å². The van der Waals surface area contributed by atoms with E-state index in [9.17, 15) is 0 Å². The maximum absolute atomic E-state index is 6.14. The van der Waals surface area contributed by atoms with E-state index in [0.29, 0.717) is 11.4 Å². The standard InChI is InChI=1S/C12H16ClN/c13-11-6-7-14-12(9-11)8-10-4-2-1-3-5-10/h1-5,11-12,14H,6-9H2. The molecular weight excluding hydrogens is 194 g/mol. The summed E-state index contributed by atoms with van der Waals surface area (Å²) in [6, 6.07) is 11.2. The lowest BCUT2D eigenvalue weighted by Crippen LogP contribution is -2.39. The molecule has 2 unspecified atom stereocenters. The Bertz CT molecular complexity index is 273. The summed E-state index contributed by atoms with van der Waals surface area (Å²) in [6.45, 7) is 1.06. The second kappa shape index (κ2) is 4.81. The summed E-state index contributed by atoms with van der Waals surface area (Å²) in [5.74, 6) is 0. The molecule has 1 saturated heterocycles. The van der Waals surface area contributed by atoms with Crippen LogP contribution in [-0.2, 0) is 6.42 Å². The number of piperidine rings is 1. The van der Waals surface area contributed by atoms with E-state index in [1.54, 1.807) is 0 Å². The largest absolute Gasteiger partial charge is 0.314 e. The van der Waals surface area contributed by atoms with Gasteiger partial charge in [-0.25, -0.2) is 0 Å². The average Bonchev–Trinajstić information content (AvgIpc) is 2.19. The minimum absolute atomic E-state index is 0.366. The van der Waals surface area contributed by atoms with Crippen LogP contribution < -0.4 is 5.32 Å². The quantitative estimate of drug-likeness (QED) is 0.739. The summed E-state index contributed by atoms with van der Waals surface area (Å²) >= 11 is 6.14. The van der Waals surface area contributed by atoms with E-state index in [1.807, 2.05) is 0 Å². The van der Waals surface area contributed by atoms with Crippen molar-refractivity contribution >= 4 is 11.6 Å². The third-order valence-corrected chi connectivity index (χ3v) is 3.15. The summed E-state index contributed by atoms with van der Waals surface area (Å²) < 4.78 is 0. The number of nitrogens with one attached hydrogen (secondary N) is 1. The molecule has 1 aromatic carbocycles. The SMILES string of the molecule is ClC1CCNC(Cc2ccccc2)C1. The molecule has 0 bridgehead atoms. The maximum atomic E-state index is 6.14. The number of alkyl halides is 1. The van der Waals surface area contributed by atoms with Gasteiger partial charge in [0.25, 0.3) is 0 Å². The van der Waals surface area contributed by atoms with Crippen molar-refractivity contribution in [3.8, 4) is 0 Å². The number of rotatable bonds is 2. The van der Waals surface area contributed by atoms with Gasteiger partial charge in [-0.05, 0) is 31.4 Å². The second-order valence-corrected chi connectivity index (χ2v) is 4.58. The predicted molar refractivity (Wildman–Crippen MR) is 60.8 cm³/mol. The smallest absolute Gasteiger partial charge is 0.0363 e. The molecule has 2 rings (SSSR count). The number of halogens is 1. The van der Waals surface area contributed by atoms with Crippen molar-refractivity contribution in [3.05, 3.63) is 35.9 Å². The first-order chi connectivity index (χ1) is 6.84. The highest BCUT2D eigenvalue weighted by Gasteiger charge is 2.19. The lowest BCUT2D eigenvalue weighted by atomic mass is 9.97. The average molecular weight is 210 g/mol. The van der Waals surface area contributed by atoms with Gasteiger partial charge in [0.15, 0.2) is 0 Å². The van der Waals surface area contributed by atoms with Crippen LogP contribution in [0.25, 0.3) is 0 Å². The molecule has 1 aliphatic rings. The van der Waals surface area contributed by atoms with Gasteiger partial charge in [0.05, 0.1) is 0 Å². The van der Waals surface area contributed by atoms with Crippen LogP contribution in [-0.4, -0.2) is 18.0 Å². The fraction of sp³-hybridized carbons (Fsp3) is 0.500. The van der Waals surface area contributed by atoms with Gasteiger partial charge in [-0.2, -0.15) is 0 Å². The zero-order valence-electron chi connectivity index (χ0n) is 8.25. The van der Waals surface area contributed by atoms with E-state index in [-0.39, 0.29) is 0 Å². The highest BCUT2D eigenvalue weighted by Crippen LogP contribution is 2.17. The molecule has 1 nitrogen and oxygen atoms in total. The number of hydrogen-bond acceptors (Lipinski definition) is 1. The third kappa shape index (κ3) is 2.73. The second-order valence-electron chi connectivity index (χ2n) is 3.96. The van der Waals surface area contributed by atoms with E-state index < -0.39 is 0 Å². The molecule has 0 spiro atoms. The predicted octanol–water partition coefficient (Wildman–Crippen LogP) is 2.59. The first kappa shape index (κ1) is 10.0. The Morgan fingerprint density at radius 3 is 2.79 bits per heavy atom. The molecule has 1 fully saturated rings. The molecule has 14 heavy (non-hydrogen) atoms. The normalized spacial score (nSPS) is 27.5. The van der Waals surface area contributed by atoms with Crippen LogP contribution in [0.2, 0.25) is 0 Å². The Kier molecular flexibility index (Phi) is 3.44. The molecule has 0 saturated carbocycles. The maximum Gasteiger partial charge on any atom is 0.0363 e. The minimum Gasteiger partial charge on any atom is -0.314 e. The van der Waals surface area contributed by atoms with Crippen LogP contribution in [0, 0.1) is 0 Å². The van der Waals surface area contributed by atoms with Crippen molar-refractivity contribution in [3.63, 3.8) is 0 Å². The Hall–Kier alpha value is -0.530. The molecule has 0 amide bonds. The summed E-state index contributed by atoms with van der Waals surface area (Å²) in [5.41, 5.74) is 1.40. The van der Waals surface area contributed by atoms with Crippen molar-refractivity contribution in [2.24, 2.45) is 0 Å². The Morgan fingerprint density at radius 2 is 2.07 bits per heavy atom. The molecule has 1 heterocycles. The van der Waals surface area contributed by atoms with E-state index in [0.717, 1.165) is 25.8 Å². The van der Waals surface area contributed by atoms with E-state index >= 15 is 0 Å². The third-order valence-electron chi connectivity index (χ3n) is 2.76. The van der Waals surface area contributed by atoms with Crippen LogP contribution in [0.1, 0.15) is 18.4 Å². The Labute approximate surface area is 90.5 Å². The molecule has 2 heteroatoms. The van der Waals surface area contributed by atoms with Crippen LogP contribution >= 0.6 is 11.6 Å². The first-order valence-corrected chi connectivity index (χ1v) is 5.69. The van der Waals surface area contributed by atoms with E-state index in [4.69, 9.17) is 11.6 Å². The number of benzene rings is 1. The monoisotopic (exact) mass is 209 g/mol. The van der Waals surface area contributed by atoms with Crippen molar-refractivity contribution in [1.82, 2.24) is 5.32 Å².